The van der Waals surface area contributed by atoms with Crippen LogP contribution in [0.25, 0.3) is 117 Å². The lowest BCUT2D eigenvalue weighted by molar-refractivity contribution is 0.00578. The average Bonchev–Trinajstić information content (AvgIpc) is 4.02. The van der Waals surface area contributed by atoms with Crippen LogP contribution in [-0.2, 0) is 9.31 Å². The quantitative estimate of drug-likeness (QED) is 0.128. The van der Waals surface area contributed by atoms with E-state index in [1.807, 2.05) is 12.3 Å². The third-order valence-corrected chi connectivity index (χ3v) is 15.8. The van der Waals surface area contributed by atoms with E-state index < -0.39 is 18.3 Å². The Morgan fingerprint density at radius 2 is 0.632 bits per heavy atom. The number of fused-ring (bicyclic) bond motifs is 3. The fourth-order valence-corrected chi connectivity index (χ4v) is 11.2. The Kier molecular flexibility index (Phi) is 11.8. The first-order valence-electron chi connectivity index (χ1n) is 26.3. The molecule has 1 fully saturated rings. The monoisotopic (exact) mass is 978 g/mol. The Labute approximate surface area is 445 Å². The molecule has 0 amide bonds. The van der Waals surface area contributed by atoms with E-state index in [1.165, 1.54) is 16.5 Å². The van der Waals surface area contributed by atoms with Gasteiger partial charge in [-0.15, -0.1) is 0 Å². The maximum Gasteiger partial charge on any atom is 0.494 e. The predicted molar refractivity (Wildman–Crippen MR) is 318 cm³/mol. The summed E-state index contributed by atoms with van der Waals surface area (Å²) in [6, 6.07) is 92.5. The van der Waals surface area contributed by atoms with E-state index in [2.05, 4.69) is 281 Å². The van der Waals surface area contributed by atoms with Crippen LogP contribution in [0.15, 0.2) is 261 Å². The summed E-state index contributed by atoms with van der Waals surface area (Å²) in [6.45, 7) is 8.44. The van der Waals surface area contributed by atoms with Gasteiger partial charge < -0.3 is 9.31 Å². The van der Waals surface area contributed by atoms with E-state index in [-0.39, 0.29) is 0 Å². The summed E-state index contributed by atoms with van der Waals surface area (Å²) in [4.78, 5) is 4.96. The summed E-state index contributed by atoms with van der Waals surface area (Å²) in [5.41, 5.74) is 21.3. The number of rotatable bonds is 10. The number of hydrogen-bond donors (Lipinski definition) is 0. The summed E-state index contributed by atoms with van der Waals surface area (Å²) in [5.74, 6) is 0. The molecule has 12 aromatic rings. The van der Waals surface area contributed by atoms with Crippen molar-refractivity contribution in [1.29, 1.82) is 0 Å². The van der Waals surface area contributed by atoms with Gasteiger partial charge in [0.05, 0.1) is 16.7 Å². The van der Waals surface area contributed by atoms with Gasteiger partial charge in [0.25, 0.3) is 0 Å². The maximum atomic E-state index is 6.66. The topological polar surface area (TPSA) is 36.3 Å². The summed E-state index contributed by atoms with van der Waals surface area (Å²) < 4.78 is 15.6. The van der Waals surface area contributed by atoms with Gasteiger partial charge in [-0.1, -0.05) is 224 Å². The lowest BCUT2D eigenvalue weighted by Crippen LogP contribution is -2.41. The van der Waals surface area contributed by atoms with Crippen molar-refractivity contribution in [3.8, 4) is 94.7 Å². The largest absolute Gasteiger partial charge is 0.494 e. The van der Waals surface area contributed by atoms with Gasteiger partial charge in [0.15, 0.2) is 0 Å². The Morgan fingerprint density at radius 3 is 1.07 bits per heavy atom. The van der Waals surface area contributed by atoms with Crippen LogP contribution >= 0.6 is 0 Å². The van der Waals surface area contributed by atoms with Crippen molar-refractivity contribution in [2.24, 2.45) is 0 Å². The summed E-state index contributed by atoms with van der Waals surface area (Å²) in [6.07, 6.45) is 1.89. The predicted octanol–water partition coefficient (Wildman–Crippen LogP) is 17.8. The minimum atomic E-state index is -0.509. The zero-order valence-electron chi connectivity index (χ0n) is 43.1. The number of aromatic nitrogens is 2. The first-order valence-corrected chi connectivity index (χ1v) is 26.3. The Balaban J connectivity index is 1.15. The third kappa shape index (κ3) is 8.26. The molecule has 0 saturated carbocycles. The van der Waals surface area contributed by atoms with Gasteiger partial charge >= 0.3 is 7.12 Å². The van der Waals surface area contributed by atoms with Crippen molar-refractivity contribution in [2.45, 2.75) is 38.9 Å². The molecule has 0 spiro atoms. The van der Waals surface area contributed by atoms with Gasteiger partial charge in [0, 0.05) is 22.7 Å². The van der Waals surface area contributed by atoms with Crippen LogP contribution in [0.2, 0.25) is 0 Å². The zero-order chi connectivity index (χ0) is 51.4. The van der Waals surface area contributed by atoms with E-state index in [0.29, 0.717) is 0 Å². The molecule has 76 heavy (non-hydrogen) atoms. The van der Waals surface area contributed by atoms with Gasteiger partial charge in [-0.2, -0.15) is 0 Å². The van der Waals surface area contributed by atoms with Crippen molar-refractivity contribution >= 4 is 34.5 Å². The smallest absolute Gasteiger partial charge is 0.399 e. The van der Waals surface area contributed by atoms with Gasteiger partial charge in [-0.05, 0) is 153 Å². The number of para-hydroxylation sites is 1. The first-order chi connectivity index (χ1) is 37.2. The highest BCUT2D eigenvalue weighted by Crippen LogP contribution is 2.56. The molecular formula is C71H55BN2O2. The molecular weight excluding hydrogens is 924 g/mol. The van der Waals surface area contributed by atoms with Crippen LogP contribution < -0.4 is 5.46 Å². The second kappa shape index (κ2) is 19.1. The zero-order valence-corrected chi connectivity index (χ0v) is 43.1. The van der Waals surface area contributed by atoms with Crippen molar-refractivity contribution in [3.63, 3.8) is 0 Å². The average molecular weight is 979 g/mol. The Morgan fingerprint density at radius 1 is 0.316 bits per heavy atom. The molecule has 0 bridgehead atoms. The fraction of sp³-hybridized carbons (Fsp3) is 0.0845. The van der Waals surface area contributed by atoms with Crippen LogP contribution in [0.4, 0.5) is 0 Å². The molecule has 2 aromatic heterocycles. The number of nitrogens with zero attached hydrogens (tertiary/aromatic N) is 2. The van der Waals surface area contributed by atoms with Gasteiger partial charge in [0.1, 0.15) is 5.65 Å². The molecule has 4 nitrogen and oxygen atoms in total. The molecule has 0 radical (unpaired) electrons. The van der Waals surface area contributed by atoms with Gasteiger partial charge in [0.2, 0.25) is 0 Å². The molecule has 0 N–H and O–H groups in total. The molecule has 0 aliphatic carbocycles. The molecule has 0 atom stereocenters. The third-order valence-electron chi connectivity index (χ3n) is 15.8. The lowest BCUT2D eigenvalue weighted by atomic mass is 9.73. The molecule has 1 saturated heterocycles. The lowest BCUT2D eigenvalue weighted by Gasteiger charge is -2.32. The summed E-state index contributed by atoms with van der Waals surface area (Å²) in [5, 5.41) is 2.30. The first kappa shape index (κ1) is 46.9. The van der Waals surface area contributed by atoms with Crippen molar-refractivity contribution in [3.05, 3.63) is 261 Å². The Hall–Kier alpha value is -8.87. The van der Waals surface area contributed by atoms with E-state index in [4.69, 9.17) is 14.3 Å². The molecule has 364 valence electrons. The normalized spacial score (nSPS) is 13.9. The van der Waals surface area contributed by atoms with Crippen LogP contribution in [0.3, 0.4) is 0 Å². The maximum absolute atomic E-state index is 6.66. The molecule has 3 heterocycles. The van der Waals surface area contributed by atoms with Crippen LogP contribution in [-0.4, -0.2) is 27.9 Å². The highest BCUT2D eigenvalue weighted by molar-refractivity contribution is 6.62. The molecule has 5 heteroatoms. The van der Waals surface area contributed by atoms with E-state index in [9.17, 15) is 0 Å². The van der Waals surface area contributed by atoms with Crippen molar-refractivity contribution in [1.82, 2.24) is 9.55 Å². The van der Waals surface area contributed by atoms with Crippen LogP contribution in [0, 0.1) is 0 Å². The summed E-state index contributed by atoms with van der Waals surface area (Å²) >= 11 is 0. The van der Waals surface area contributed by atoms with Gasteiger partial charge in [-0.3, -0.25) is 4.57 Å². The minimum absolute atomic E-state index is 0.479. The molecule has 1 aliphatic heterocycles. The molecule has 10 aromatic carbocycles. The molecule has 1 aliphatic rings. The molecule has 13 rings (SSSR count). The standard InChI is InChI=1S/C71H55BN2O2/c1-70(2)71(3,4)76-72(75-70)58-43-39-56(40-44-58)67-65(54-35-31-50(32-36-54)48-20-9-5-10-21-48)63(52-24-13-7-14-25-52)64(53-26-15-8-16-27-53)66(55-37-33-51(34-38-55)49-22-11-6-12-23-49)68(67)57-41-45-59(46-42-57)74-62-30-18-17-28-60(62)61-29-19-47-73-69(61)74/h5-47H,1-4H3. The van der Waals surface area contributed by atoms with Crippen LogP contribution in [0.5, 0.6) is 0 Å². The van der Waals surface area contributed by atoms with Crippen molar-refractivity contribution in [2.75, 3.05) is 0 Å². The number of benzene rings is 10. The second-order valence-electron chi connectivity index (χ2n) is 20.9. The summed E-state index contributed by atoms with van der Waals surface area (Å²) in [7, 11) is -0.509. The number of hydrogen-bond acceptors (Lipinski definition) is 3. The van der Waals surface area contributed by atoms with E-state index >= 15 is 0 Å². The Bertz CT molecular complexity index is 3970. The highest BCUT2D eigenvalue weighted by atomic mass is 16.7. The fourth-order valence-electron chi connectivity index (χ4n) is 11.2. The SMILES string of the molecule is CC1(C)OB(c2ccc(-c3c(-c4ccc(-c5ccccc5)cc4)c(-c4ccccc4)c(-c4ccccc4)c(-c4ccc(-c5ccccc5)cc4)c3-c3ccc(-n4c5ccccc5c5cccnc54)cc3)cc2)OC1(C)C. The highest BCUT2D eigenvalue weighted by Gasteiger charge is 2.51. The van der Waals surface area contributed by atoms with Crippen LogP contribution in [0.1, 0.15) is 27.7 Å². The minimum Gasteiger partial charge on any atom is -0.399 e. The van der Waals surface area contributed by atoms with E-state index in [1.54, 1.807) is 0 Å². The number of pyridine rings is 1. The molecule has 0 unspecified atom stereocenters. The van der Waals surface area contributed by atoms with E-state index in [0.717, 1.165) is 106 Å². The second-order valence-corrected chi connectivity index (χ2v) is 20.9. The van der Waals surface area contributed by atoms with Crippen molar-refractivity contribution < 1.29 is 9.31 Å². The van der Waals surface area contributed by atoms with Gasteiger partial charge in [-0.25, -0.2) is 4.98 Å².